The predicted octanol–water partition coefficient (Wildman–Crippen LogP) is 5.99. The Hall–Kier alpha value is -4.27. The average Bonchev–Trinajstić information content (AvgIpc) is 2.82. The van der Waals surface area contributed by atoms with Crippen LogP contribution in [0.4, 0.5) is 18.9 Å². The van der Waals surface area contributed by atoms with Gasteiger partial charge in [0.05, 0.1) is 7.11 Å². The Bertz CT molecular complexity index is 1360. The van der Waals surface area contributed by atoms with Crippen molar-refractivity contribution < 1.29 is 32.2 Å². The molecule has 0 aliphatic carbocycles. The van der Waals surface area contributed by atoms with Crippen molar-refractivity contribution in [1.29, 1.82) is 0 Å². The third kappa shape index (κ3) is 6.49. The molecule has 0 saturated heterocycles. The molecule has 2 N–H and O–H groups in total. The zero-order valence-corrected chi connectivity index (χ0v) is 20.4. The number of allylic oxidation sites excluding steroid dienone is 1. The standard InChI is InChI=1S/C28H25F3N2O4/c1-27(2)16-19-9-12-22(36-3)14-23(19)24(33-27)15-25(34)18-5-4-6-20(13-18)32-26(35)17-7-10-21(11-8-17)37-28(29,30)31/h4-15,33H,16H2,1-3H3,(H,32,35). The van der Waals surface area contributed by atoms with Crippen LogP contribution in [0.5, 0.6) is 11.5 Å². The van der Waals surface area contributed by atoms with Gasteiger partial charge in [-0.1, -0.05) is 18.2 Å². The van der Waals surface area contributed by atoms with Crippen molar-refractivity contribution in [3.63, 3.8) is 0 Å². The summed E-state index contributed by atoms with van der Waals surface area (Å²) in [5.41, 5.74) is 3.24. The molecule has 6 nitrogen and oxygen atoms in total. The minimum absolute atomic E-state index is 0.132. The van der Waals surface area contributed by atoms with Gasteiger partial charge in [0, 0.05) is 39.7 Å². The highest BCUT2D eigenvalue weighted by molar-refractivity contribution is 6.10. The summed E-state index contributed by atoms with van der Waals surface area (Å²) >= 11 is 0. The fourth-order valence-electron chi connectivity index (χ4n) is 4.13. The van der Waals surface area contributed by atoms with Crippen LogP contribution in [0.25, 0.3) is 5.70 Å². The molecule has 0 atom stereocenters. The number of anilines is 1. The van der Waals surface area contributed by atoms with E-state index in [-0.39, 0.29) is 16.9 Å². The Kier molecular flexibility index (Phi) is 6.98. The number of halogens is 3. The number of hydrogen-bond acceptors (Lipinski definition) is 5. The summed E-state index contributed by atoms with van der Waals surface area (Å²) in [5.74, 6) is -0.554. The van der Waals surface area contributed by atoms with Gasteiger partial charge < -0.3 is 20.1 Å². The highest BCUT2D eigenvalue weighted by atomic mass is 19.4. The van der Waals surface area contributed by atoms with Gasteiger partial charge in [0.2, 0.25) is 0 Å². The Balaban J connectivity index is 1.53. The van der Waals surface area contributed by atoms with Gasteiger partial charge in [-0.25, -0.2) is 0 Å². The fourth-order valence-corrected chi connectivity index (χ4v) is 4.13. The Morgan fingerprint density at radius 3 is 2.35 bits per heavy atom. The maximum Gasteiger partial charge on any atom is 0.573 e. The summed E-state index contributed by atoms with van der Waals surface area (Å²) in [6.45, 7) is 4.10. The highest BCUT2D eigenvalue weighted by Gasteiger charge is 2.31. The predicted molar refractivity (Wildman–Crippen MR) is 134 cm³/mol. The van der Waals surface area contributed by atoms with Crippen molar-refractivity contribution in [1.82, 2.24) is 5.32 Å². The van der Waals surface area contributed by atoms with Gasteiger partial charge in [0.25, 0.3) is 5.91 Å². The molecule has 3 aromatic rings. The molecule has 0 radical (unpaired) electrons. The number of alkyl halides is 3. The number of hydrogen-bond donors (Lipinski definition) is 2. The Morgan fingerprint density at radius 2 is 1.68 bits per heavy atom. The molecule has 1 amide bonds. The molecule has 0 spiro atoms. The van der Waals surface area contributed by atoms with Crippen LogP contribution in [0.1, 0.15) is 45.7 Å². The monoisotopic (exact) mass is 510 g/mol. The number of ether oxygens (including phenoxy) is 2. The summed E-state index contributed by atoms with van der Waals surface area (Å²) in [4.78, 5) is 25.8. The van der Waals surface area contributed by atoms with Crippen molar-refractivity contribution in [2.75, 3.05) is 12.4 Å². The second kappa shape index (κ2) is 10.0. The van der Waals surface area contributed by atoms with Crippen LogP contribution in [-0.4, -0.2) is 30.7 Å². The summed E-state index contributed by atoms with van der Waals surface area (Å²) in [6, 6.07) is 16.8. The normalized spacial score (nSPS) is 15.4. The molecule has 0 saturated carbocycles. The molecule has 1 aliphatic heterocycles. The van der Waals surface area contributed by atoms with Crippen molar-refractivity contribution in [2.24, 2.45) is 0 Å². The minimum atomic E-state index is -4.82. The molecule has 1 heterocycles. The van der Waals surface area contributed by atoms with E-state index in [4.69, 9.17) is 4.74 Å². The molecule has 0 aromatic heterocycles. The zero-order valence-electron chi connectivity index (χ0n) is 20.4. The molecular weight excluding hydrogens is 485 g/mol. The lowest BCUT2D eigenvalue weighted by atomic mass is 9.85. The van der Waals surface area contributed by atoms with Crippen LogP contribution in [0.2, 0.25) is 0 Å². The molecule has 9 heteroatoms. The number of nitrogens with one attached hydrogen (secondary N) is 2. The third-order valence-corrected chi connectivity index (χ3v) is 5.74. The van der Waals surface area contributed by atoms with Crippen LogP contribution in [0, 0.1) is 0 Å². The molecule has 1 aliphatic rings. The summed E-state index contributed by atoms with van der Waals surface area (Å²) in [7, 11) is 1.58. The topological polar surface area (TPSA) is 76.7 Å². The van der Waals surface area contributed by atoms with Gasteiger partial charge >= 0.3 is 6.36 Å². The summed E-state index contributed by atoms with van der Waals surface area (Å²) in [5, 5.41) is 6.08. The second-order valence-corrected chi connectivity index (χ2v) is 9.24. The first-order valence-corrected chi connectivity index (χ1v) is 11.4. The first-order chi connectivity index (χ1) is 17.4. The highest BCUT2D eigenvalue weighted by Crippen LogP contribution is 2.32. The van der Waals surface area contributed by atoms with E-state index in [0.717, 1.165) is 29.7 Å². The number of methoxy groups -OCH3 is 1. The van der Waals surface area contributed by atoms with Crippen molar-refractivity contribution in [3.05, 3.63) is 95.1 Å². The van der Waals surface area contributed by atoms with Crippen LogP contribution in [0.15, 0.2) is 72.8 Å². The summed E-state index contributed by atoms with van der Waals surface area (Å²) < 4.78 is 46.2. The van der Waals surface area contributed by atoms with Crippen LogP contribution in [0.3, 0.4) is 0 Å². The molecular formula is C28H25F3N2O4. The minimum Gasteiger partial charge on any atom is -0.497 e. The number of rotatable bonds is 6. The smallest absolute Gasteiger partial charge is 0.497 e. The van der Waals surface area contributed by atoms with E-state index in [9.17, 15) is 22.8 Å². The maximum atomic E-state index is 13.2. The largest absolute Gasteiger partial charge is 0.573 e. The number of amides is 1. The number of carbonyl (C=O) groups is 2. The van der Waals surface area contributed by atoms with Gasteiger partial charge in [0.1, 0.15) is 11.5 Å². The third-order valence-electron chi connectivity index (χ3n) is 5.74. The SMILES string of the molecule is COc1ccc2c(c1)C(=CC(=O)c1cccc(NC(=O)c3ccc(OC(F)(F)F)cc3)c1)NC(C)(C)C2. The van der Waals surface area contributed by atoms with Crippen molar-refractivity contribution in [3.8, 4) is 11.5 Å². The van der Waals surface area contributed by atoms with Crippen LogP contribution >= 0.6 is 0 Å². The van der Waals surface area contributed by atoms with Crippen LogP contribution < -0.4 is 20.1 Å². The van der Waals surface area contributed by atoms with E-state index < -0.39 is 18.0 Å². The quantitative estimate of drug-likeness (QED) is 0.315. The first kappa shape index (κ1) is 25.8. The molecule has 192 valence electrons. The number of carbonyl (C=O) groups excluding carboxylic acids is 2. The molecule has 0 fully saturated rings. The second-order valence-electron chi connectivity index (χ2n) is 9.24. The first-order valence-electron chi connectivity index (χ1n) is 11.4. The lowest BCUT2D eigenvalue weighted by Gasteiger charge is -2.35. The van der Waals surface area contributed by atoms with Crippen LogP contribution in [-0.2, 0) is 6.42 Å². The molecule has 4 rings (SSSR count). The van der Waals surface area contributed by atoms with E-state index in [2.05, 4.69) is 29.2 Å². The Labute approximate surface area is 212 Å². The zero-order chi connectivity index (χ0) is 26.8. The van der Waals surface area contributed by atoms with Crippen molar-refractivity contribution >= 4 is 23.1 Å². The van der Waals surface area contributed by atoms with E-state index in [0.29, 0.717) is 22.7 Å². The lowest BCUT2D eigenvalue weighted by molar-refractivity contribution is -0.274. The van der Waals surface area contributed by atoms with Gasteiger partial charge in [-0.15, -0.1) is 13.2 Å². The Morgan fingerprint density at radius 1 is 0.973 bits per heavy atom. The molecule has 0 unspecified atom stereocenters. The van der Waals surface area contributed by atoms with Gasteiger partial charge in [-0.3, -0.25) is 9.59 Å². The average molecular weight is 511 g/mol. The van der Waals surface area contributed by atoms with E-state index in [1.165, 1.54) is 18.2 Å². The lowest BCUT2D eigenvalue weighted by Crippen LogP contribution is -2.43. The van der Waals surface area contributed by atoms with Gasteiger partial charge in [0.15, 0.2) is 5.78 Å². The maximum absolute atomic E-state index is 13.2. The number of fused-ring (bicyclic) bond motifs is 1. The molecule has 37 heavy (non-hydrogen) atoms. The van der Waals surface area contributed by atoms with E-state index in [1.807, 2.05) is 18.2 Å². The van der Waals surface area contributed by atoms with Gasteiger partial charge in [-0.2, -0.15) is 0 Å². The van der Waals surface area contributed by atoms with E-state index in [1.54, 1.807) is 31.4 Å². The van der Waals surface area contributed by atoms with Crippen molar-refractivity contribution in [2.45, 2.75) is 32.2 Å². The van der Waals surface area contributed by atoms with E-state index >= 15 is 0 Å². The number of benzene rings is 3. The fraction of sp³-hybridized carbons (Fsp3) is 0.214. The molecule has 0 bridgehead atoms. The molecule has 3 aromatic carbocycles. The van der Waals surface area contributed by atoms with Gasteiger partial charge in [-0.05, 0) is 74.4 Å². The number of ketones is 1. The summed E-state index contributed by atoms with van der Waals surface area (Å²) in [6.07, 6.45) is -2.51.